The molecule has 1 atom stereocenters. The third-order valence-corrected chi connectivity index (χ3v) is 4.58. The lowest BCUT2D eigenvalue weighted by Crippen LogP contribution is -2.58. The Morgan fingerprint density at radius 1 is 1.38 bits per heavy atom. The highest BCUT2D eigenvalue weighted by Crippen LogP contribution is 2.21. The topological polar surface area (TPSA) is 87.7 Å². The second-order valence-electron chi connectivity index (χ2n) is 6.51. The molecule has 8 heteroatoms. The number of piperazine rings is 1. The molecule has 0 radical (unpaired) electrons. The summed E-state index contributed by atoms with van der Waals surface area (Å²) in [5.41, 5.74) is 0.787. The Balaban J connectivity index is 1.97. The molecule has 0 aliphatic carbocycles. The fraction of sp³-hybridized carbons (Fsp3) is 0.500. The second-order valence-corrected chi connectivity index (χ2v) is 7.36. The van der Waals surface area contributed by atoms with Crippen molar-refractivity contribution in [2.75, 3.05) is 31.6 Å². The second kappa shape index (κ2) is 9.56. The molecule has 1 aromatic carbocycles. The van der Waals surface area contributed by atoms with Crippen LogP contribution in [-0.2, 0) is 19.1 Å². The van der Waals surface area contributed by atoms with Crippen LogP contribution in [0.1, 0.15) is 20.3 Å². The highest BCUT2D eigenvalue weighted by Gasteiger charge is 2.35. The van der Waals surface area contributed by atoms with Gasteiger partial charge in [0, 0.05) is 23.2 Å². The van der Waals surface area contributed by atoms with Crippen molar-refractivity contribution >= 4 is 39.4 Å². The maximum atomic E-state index is 12.6. The number of anilines is 1. The SMILES string of the molecule is CC(C)COC(=O)CC1C(=O)NCCN1C(=O)CNc1ccccc1Br. The van der Waals surface area contributed by atoms with Crippen molar-refractivity contribution in [1.82, 2.24) is 10.2 Å². The number of nitrogens with zero attached hydrogens (tertiary/aromatic N) is 1. The average Bonchev–Trinajstić information content (AvgIpc) is 2.60. The zero-order valence-corrected chi connectivity index (χ0v) is 16.5. The van der Waals surface area contributed by atoms with Crippen molar-refractivity contribution in [3.05, 3.63) is 28.7 Å². The van der Waals surface area contributed by atoms with Crippen LogP contribution >= 0.6 is 15.9 Å². The molecule has 0 bridgehead atoms. The molecule has 1 saturated heterocycles. The van der Waals surface area contributed by atoms with E-state index in [2.05, 4.69) is 26.6 Å². The molecule has 1 unspecified atom stereocenters. The van der Waals surface area contributed by atoms with Crippen LogP contribution < -0.4 is 10.6 Å². The minimum Gasteiger partial charge on any atom is -0.465 e. The number of hydrogen-bond acceptors (Lipinski definition) is 5. The first kappa shape index (κ1) is 20.2. The number of nitrogens with one attached hydrogen (secondary N) is 2. The Kier molecular flexibility index (Phi) is 7.44. The molecule has 1 aromatic rings. The Morgan fingerprint density at radius 3 is 2.81 bits per heavy atom. The maximum absolute atomic E-state index is 12.6. The average molecular weight is 426 g/mol. The zero-order valence-electron chi connectivity index (χ0n) is 15.0. The van der Waals surface area contributed by atoms with E-state index in [9.17, 15) is 14.4 Å². The summed E-state index contributed by atoms with van der Waals surface area (Å²) in [6, 6.07) is 6.62. The van der Waals surface area contributed by atoms with Gasteiger partial charge >= 0.3 is 5.97 Å². The van der Waals surface area contributed by atoms with Crippen LogP contribution in [0.5, 0.6) is 0 Å². The fourth-order valence-electron chi connectivity index (χ4n) is 2.57. The molecule has 7 nitrogen and oxygen atoms in total. The van der Waals surface area contributed by atoms with Crippen LogP contribution in [0.15, 0.2) is 28.7 Å². The predicted octanol–water partition coefficient (Wildman–Crippen LogP) is 1.78. The molecule has 1 aliphatic heterocycles. The van der Waals surface area contributed by atoms with Gasteiger partial charge in [-0.25, -0.2) is 0 Å². The standard InChI is InChI=1S/C18H24BrN3O4/c1-12(2)11-26-17(24)9-15-18(25)20-7-8-22(15)16(23)10-21-14-6-4-3-5-13(14)19/h3-6,12,15,21H,7-11H2,1-2H3,(H,20,25). The Labute approximate surface area is 161 Å². The first-order valence-electron chi connectivity index (χ1n) is 8.59. The highest BCUT2D eigenvalue weighted by atomic mass is 79.9. The van der Waals surface area contributed by atoms with Gasteiger partial charge in [0.2, 0.25) is 11.8 Å². The fourth-order valence-corrected chi connectivity index (χ4v) is 2.99. The Bertz CT molecular complexity index is 666. The molecular weight excluding hydrogens is 402 g/mol. The van der Waals surface area contributed by atoms with E-state index in [1.165, 1.54) is 4.90 Å². The van der Waals surface area contributed by atoms with Crippen molar-refractivity contribution in [2.24, 2.45) is 5.92 Å². The lowest BCUT2D eigenvalue weighted by Gasteiger charge is -2.34. The van der Waals surface area contributed by atoms with E-state index < -0.39 is 12.0 Å². The smallest absolute Gasteiger partial charge is 0.308 e. The summed E-state index contributed by atoms with van der Waals surface area (Å²) in [4.78, 5) is 38.2. The van der Waals surface area contributed by atoms with E-state index in [0.717, 1.165) is 10.2 Å². The summed E-state index contributed by atoms with van der Waals surface area (Å²) in [6.07, 6.45) is -0.140. The monoisotopic (exact) mass is 425 g/mol. The van der Waals surface area contributed by atoms with E-state index in [1.54, 1.807) is 0 Å². The molecule has 0 aromatic heterocycles. The first-order chi connectivity index (χ1) is 12.4. The summed E-state index contributed by atoms with van der Waals surface area (Å²) in [5, 5.41) is 5.75. The molecule has 0 saturated carbocycles. The van der Waals surface area contributed by atoms with Gasteiger partial charge in [-0.05, 0) is 34.0 Å². The number of halogens is 1. The van der Waals surface area contributed by atoms with Gasteiger partial charge in [0.05, 0.1) is 19.6 Å². The van der Waals surface area contributed by atoms with Crippen molar-refractivity contribution in [3.63, 3.8) is 0 Å². The van der Waals surface area contributed by atoms with Crippen molar-refractivity contribution in [1.29, 1.82) is 0 Å². The van der Waals surface area contributed by atoms with E-state index >= 15 is 0 Å². The molecule has 0 spiro atoms. The first-order valence-corrected chi connectivity index (χ1v) is 9.39. The minimum absolute atomic E-state index is 0.0352. The normalized spacial score (nSPS) is 17.0. The number of benzene rings is 1. The number of esters is 1. The predicted molar refractivity (Wildman–Crippen MR) is 102 cm³/mol. The number of carbonyl (C=O) groups excluding carboxylic acids is 3. The molecular formula is C18H24BrN3O4. The number of carbonyl (C=O) groups is 3. The number of rotatable bonds is 7. The van der Waals surface area contributed by atoms with Crippen LogP contribution in [-0.4, -0.2) is 55.0 Å². The lowest BCUT2D eigenvalue weighted by molar-refractivity contribution is -0.152. The van der Waals surface area contributed by atoms with Gasteiger partial charge in [-0.1, -0.05) is 26.0 Å². The lowest BCUT2D eigenvalue weighted by atomic mass is 10.1. The third-order valence-electron chi connectivity index (χ3n) is 3.89. The van der Waals surface area contributed by atoms with Crippen molar-refractivity contribution in [2.45, 2.75) is 26.3 Å². The van der Waals surface area contributed by atoms with Gasteiger partial charge in [-0.2, -0.15) is 0 Å². The molecule has 26 heavy (non-hydrogen) atoms. The minimum atomic E-state index is -0.836. The summed E-state index contributed by atoms with van der Waals surface area (Å²) >= 11 is 3.41. The molecule has 1 aliphatic rings. The largest absolute Gasteiger partial charge is 0.465 e. The zero-order chi connectivity index (χ0) is 19.1. The van der Waals surface area contributed by atoms with Crippen LogP contribution in [0.25, 0.3) is 0 Å². The number of para-hydroxylation sites is 1. The Hall–Kier alpha value is -2.09. The molecule has 2 rings (SSSR count). The maximum Gasteiger partial charge on any atom is 0.308 e. The molecule has 1 fully saturated rings. The van der Waals surface area contributed by atoms with Gasteiger partial charge in [-0.15, -0.1) is 0 Å². The molecule has 2 N–H and O–H groups in total. The summed E-state index contributed by atoms with van der Waals surface area (Å²) in [6.45, 7) is 4.94. The van der Waals surface area contributed by atoms with Crippen LogP contribution in [0.2, 0.25) is 0 Å². The molecule has 142 valence electrons. The number of amides is 2. The van der Waals surface area contributed by atoms with Crippen molar-refractivity contribution < 1.29 is 19.1 Å². The van der Waals surface area contributed by atoms with Gasteiger partial charge in [-0.3, -0.25) is 14.4 Å². The van der Waals surface area contributed by atoms with Crippen LogP contribution in [0.3, 0.4) is 0 Å². The van der Waals surface area contributed by atoms with Crippen molar-refractivity contribution in [3.8, 4) is 0 Å². The van der Waals surface area contributed by atoms with E-state index in [0.29, 0.717) is 19.7 Å². The van der Waals surface area contributed by atoms with Gasteiger partial charge < -0.3 is 20.3 Å². The van der Waals surface area contributed by atoms with E-state index in [4.69, 9.17) is 4.74 Å². The van der Waals surface area contributed by atoms with Crippen LogP contribution in [0, 0.1) is 5.92 Å². The molecule has 2 amide bonds. The number of ether oxygens (including phenoxy) is 1. The van der Waals surface area contributed by atoms with E-state index in [1.807, 2.05) is 38.1 Å². The third kappa shape index (κ3) is 5.72. The highest BCUT2D eigenvalue weighted by molar-refractivity contribution is 9.10. The summed E-state index contributed by atoms with van der Waals surface area (Å²) < 4.78 is 5.99. The Morgan fingerprint density at radius 2 is 2.12 bits per heavy atom. The van der Waals surface area contributed by atoms with Gasteiger partial charge in [0.25, 0.3) is 0 Å². The van der Waals surface area contributed by atoms with E-state index in [-0.39, 0.29) is 30.7 Å². The van der Waals surface area contributed by atoms with Crippen LogP contribution in [0.4, 0.5) is 5.69 Å². The van der Waals surface area contributed by atoms with Gasteiger partial charge in [0.1, 0.15) is 6.04 Å². The van der Waals surface area contributed by atoms with Gasteiger partial charge in [0.15, 0.2) is 0 Å². The number of hydrogen-bond donors (Lipinski definition) is 2. The summed E-state index contributed by atoms with van der Waals surface area (Å²) in [5.74, 6) is -0.827. The summed E-state index contributed by atoms with van der Waals surface area (Å²) in [7, 11) is 0. The molecule has 1 heterocycles. The quantitative estimate of drug-likeness (QED) is 0.650.